The highest BCUT2D eigenvalue weighted by atomic mass is 19.3. The van der Waals surface area contributed by atoms with Crippen LogP contribution >= 0.6 is 0 Å². The van der Waals surface area contributed by atoms with Gasteiger partial charge < -0.3 is 4.90 Å². The average Bonchev–Trinajstić information content (AvgIpc) is 1.82. The van der Waals surface area contributed by atoms with Crippen LogP contribution in [0.15, 0.2) is 0 Å². The van der Waals surface area contributed by atoms with Crippen molar-refractivity contribution < 1.29 is 13.9 Å². The largest absolute Gasteiger partial charge is 0.309 e. The minimum Gasteiger partial charge on any atom is -0.309 e. The Bertz CT molecular complexity index is 87.8. The van der Waals surface area contributed by atoms with Gasteiger partial charge in [0.1, 0.15) is 0 Å². The Hall–Kier alpha value is -0.220. The molecule has 0 aromatic rings. The Balaban J connectivity index is 3.30. The van der Waals surface area contributed by atoms with Crippen LogP contribution in [0.1, 0.15) is 6.42 Å². The minimum atomic E-state index is -2.72. The van der Waals surface area contributed by atoms with Crippen molar-refractivity contribution in [1.29, 1.82) is 0 Å². The molecule has 0 saturated carbocycles. The van der Waals surface area contributed by atoms with Crippen LogP contribution in [0.2, 0.25) is 0 Å². The minimum absolute atomic E-state index is 0.0185. The standard InChI is InChI=1S/C6H12F2NO/c1-9(2)4-3-5(10)6(7)8/h5-6H,3-4H2,1-2H3. The molecule has 0 fully saturated rings. The van der Waals surface area contributed by atoms with Crippen molar-refractivity contribution in [2.45, 2.75) is 19.0 Å². The first-order chi connectivity index (χ1) is 4.54. The second kappa shape index (κ2) is 4.57. The fourth-order valence-electron chi connectivity index (χ4n) is 0.511. The topological polar surface area (TPSA) is 23.1 Å². The van der Waals surface area contributed by atoms with Crippen LogP contribution in [-0.4, -0.2) is 38.1 Å². The van der Waals surface area contributed by atoms with Crippen LogP contribution in [0.5, 0.6) is 0 Å². The van der Waals surface area contributed by atoms with E-state index in [9.17, 15) is 13.9 Å². The Labute approximate surface area is 59.4 Å². The van der Waals surface area contributed by atoms with Gasteiger partial charge in [-0.2, -0.15) is 0 Å². The maximum Gasteiger partial charge on any atom is 0.267 e. The van der Waals surface area contributed by atoms with Crippen molar-refractivity contribution in [1.82, 2.24) is 4.90 Å². The monoisotopic (exact) mass is 152 g/mol. The molecule has 0 aromatic heterocycles. The number of hydrogen-bond acceptors (Lipinski definition) is 1. The lowest BCUT2D eigenvalue weighted by molar-refractivity contribution is -0.0522. The normalized spacial score (nSPS) is 14.7. The lowest BCUT2D eigenvalue weighted by Crippen LogP contribution is -2.23. The van der Waals surface area contributed by atoms with Crippen molar-refractivity contribution in [2.75, 3.05) is 20.6 Å². The van der Waals surface area contributed by atoms with E-state index < -0.39 is 12.5 Å². The van der Waals surface area contributed by atoms with Crippen molar-refractivity contribution in [2.24, 2.45) is 0 Å². The van der Waals surface area contributed by atoms with E-state index >= 15 is 0 Å². The van der Waals surface area contributed by atoms with Crippen molar-refractivity contribution >= 4 is 0 Å². The lowest BCUT2D eigenvalue weighted by atomic mass is 10.2. The van der Waals surface area contributed by atoms with Gasteiger partial charge in [0.25, 0.3) is 6.43 Å². The van der Waals surface area contributed by atoms with E-state index in [4.69, 9.17) is 0 Å². The zero-order valence-corrected chi connectivity index (χ0v) is 6.18. The molecule has 1 radical (unpaired) electrons. The van der Waals surface area contributed by atoms with E-state index in [0.717, 1.165) is 0 Å². The van der Waals surface area contributed by atoms with Crippen LogP contribution in [0.4, 0.5) is 8.78 Å². The zero-order chi connectivity index (χ0) is 8.15. The molecule has 10 heavy (non-hydrogen) atoms. The Kier molecular flexibility index (Phi) is 4.47. The summed E-state index contributed by atoms with van der Waals surface area (Å²) in [6, 6.07) is 0. The van der Waals surface area contributed by atoms with Crippen LogP contribution in [0, 0.1) is 0 Å². The number of nitrogens with zero attached hydrogens (tertiary/aromatic N) is 1. The van der Waals surface area contributed by atoms with Crippen LogP contribution in [0.25, 0.3) is 0 Å². The predicted octanol–water partition coefficient (Wildman–Crippen LogP) is 1.00. The highest BCUT2D eigenvalue weighted by molar-refractivity contribution is 4.58. The number of halogens is 2. The fourth-order valence-corrected chi connectivity index (χ4v) is 0.511. The van der Waals surface area contributed by atoms with Gasteiger partial charge in [-0.3, -0.25) is 0 Å². The maximum atomic E-state index is 11.5. The number of hydrogen-bond donors (Lipinski definition) is 0. The molecule has 0 N–H and O–H groups in total. The first kappa shape index (κ1) is 9.78. The van der Waals surface area contributed by atoms with Gasteiger partial charge in [0.05, 0.1) is 0 Å². The van der Waals surface area contributed by atoms with Gasteiger partial charge in [-0.15, -0.1) is 0 Å². The third-order valence-corrected chi connectivity index (χ3v) is 1.14. The SMILES string of the molecule is CN(C)CCC([O])C(F)F. The average molecular weight is 152 g/mol. The smallest absolute Gasteiger partial charge is 0.267 e. The Morgan fingerprint density at radius 3 is 2.20 bits per heavy atom. The maximum absolute atomic E-state index is 11.5. The van der Waals surface area contributed by atoms with E-state index in [1.165, 1.54) is 0 Å². The van der Waals surface area contributed by atoms with E-state index in [1.54, 1.807) is 19.0 Å². The molecule has 1 unspecified atom stereocenters. The highest BCUT2D eigenvalue weighted by Crippen LogP contribution is 2.05. The molecule has 0 aliphatic heterocycles. The summed E-state index contributed by atoms with van der Waals surface area (Å²) in [6.07, 6.45) is -4.42. The van der Waals surface area contributed by atoms with Crippen LogP contribution in [0.3, 0.4) is 0 Å². The molecule has 0 aliphatic carbocycles. The number of rotatable bonds is 4. The highest BCUT2D eigenvalue weighted by Gasteiger charge is 2.17. The molecule has 0 saturated heterocycles. The summed E-state index contributed by atoms with van der Waals surface area (Å²) in [6.45, 7) is 0.429. The molecule has 2 nitrogen and oxygen atoms in total. The molecule has 0 bridgehead atoms. The summed E-state index contributed by atoms with van der Waals surface area (Å²) < 4.78 is 23.1. The molecular formula is C6H12F2NO. The molecule has 0 aliphatic rings. The Morgan fingerprint density at radius 2 is 1.90 bits per heavy atom. The first-order valence-electron chi connectivity index (χ1n) is 3.12. The first-order valence-corrected chi connectivity index (χ1v) is 3.12. The fraction of sp³-hybridized carbons (Fsp3) is 1.00. The van der Waals surface area contributed by atoms with E-state index in [-0.39, 0.29) is 6.42 Å². The molecule has 0 aromatic carbocycles. The van der Waals surface area contributed by atoms with Crippen molar-refractivity contribution in [3.05, 3.63) is 0 Å². The van der Waals surface area contributed by atoms with Gasteiger partial charge in [0, 0.05) is 6.54 Å². The molecule has 0 spiro atoms. The van der Waals surface area contributed by atoms with Crippen LogP contribution < -0.4 is 0 Å². The van der Waals surface area contributed by atoms with Gasteiger partial charge in [0.2, 0.25) is 0 Å². The van der Waals surface area contributed by atoms with Gasteiger partial charge in [-0.1, -0.05) is 0 Å². The summed E-state index contributed by atoms with van der Waals surface area (Å²) in [4.78, 5) is 1.72. The summed E-state index contributed by atoms with van der Waals surface area (Å²) in [5, 5.41) is 10.4. The summed E-state index contributed by atoms with van der Waals surface area (Å²) >= 11 is 0. The third kappa shape index (κ3) is 4.64. The molecule has 0 heterocycles. The molecule has 4 heteroatoms. The summed E-state index contributed by atoms with van der Waals surface area (Å²) in [5.41, 5.74) is 0. The van der Waals surface area contributed by atoms with Gasteiger partial charge in [-0.05, 0) is 20.5 Å². The van der Waals surface area contributed by atoms with E-state index in [0.29, 0.717) is 6.54 Å². The predicted molar refractivity (Wildman–Crippen MR) is 33.6 cm³/mol. The lowest BCUT2D eigenvalue weighted by Gasteiger charge is -2.11. The summed E-state index contributed by atoms with van der Waals surface area (Å²) in [5.74, 6) is 0. The van der Waals surface area contributed by atoms with Crippen molar-refractivity contribution in [3.63, 3.8) is 0 Å². The third-order valence-electron chi connectivity index (χ3n) is 1.14. The molecule has 0 amide bonds. The zero-order valence-electron chi connectivity index (χ0n) is 6.18. The second-order valence-corrected chi connectivity index (χ2v) is 2.46. The van der Waals surface area contributed by atoms with Gasteiger partial charge in [0.15, 0.2) is 6.10 Å². The quantitative estimate of drug-likeness (QED) is 0.589. The molecule has 1 atom stereocenters. The van der Waals surface area contributed by atoms with Crippen LogP contribution in [-0.2, 0) is 5.11 Å². The number of alkyl halides is 2. The van der Waals surface area contributed by atoms with E-state index in [2.05, 4.69) is 0 Å². The van der Waals surface area contributed by atoms with Gasteiger partial charge in [-0.25, -0.2) is 13.9 Å². The Morgan fingerprint density at radius 1 is 1.40 bits per heavy atom. The van der Waals surface area contributed by atoms with E-state index in [1.807, 2.05) is 0 Å². The molecule has 61 valence electrons. The van der Waals surface area contributed by atoms with Gasteiger partial charge >= 0.3 is 0 Å². The molecule has 0 rings (SSSR count). The van der Waals surface area contributed by atoms with Crippen molar-refractivity contribution in [3.8, 4) is 0 Å². The molecular weight excluding hydrogens is 140 g/mol. The summed E-state index contributed by atoms with van der Waals surface area (Å²) in [7, 11) is 3.50. The second-order valence-electron chi connectivity index (χ2n) is 2.46.